The van der Waals surface area contributed by atoms with Crippen molar-refractivity contribution >= 4 is 17.0 Å². The molecule has 20 heavy (non-hydrogen) atoms. The molecule has 0 saturated heterocycles. The highest BCUT2D eigenvalue weighted by Gasteiger charge is 2.13. The van der Waals surface area contributed by atoms with E-state index in [1.807, 2.05) is 32.3 Å². The average molecular weight is 288 g/mol. The molecule has 0 aliphatic carbocycles. The Morgan fingerprint density at radius 3 is 2.90 bits per heavy atom. The fourth-order valence-corrected chi connectivity index (χ4v) is 2.87. The summed E-state index contributed by atoms with van der Waals surface area (Å²) in [6.07, 6.45) is 3.60. The minimum absolute atomic E-state index is 0.693. The number of nitrogens with zero attached hydrogens (tertiary/aromatic N) is 3. The summed E-state index contributed by atoms with van der Waals surface area (Å²) in [4.78, 5) is 5.79. The van der Waals surface area contributed by atoms with Crippen molar-refractivity contribution < 1.29 is 4.42 Å². The number of anilines is 1. The Labute approximate surface area is 121 Å². The van der Waals surface area contributed by atoms with Gasteiger partial charge in [-0.3, -0.25) is 4.68 Å². The lowest BCUT2D eigenvalue weighted by atomic mass is 10.3. The predicted molar refractivity (Wildman–Crippen MR) is 79.8 cm³/mol. The van der Waals surface area contributed by atoms with E-state index < -0.39 is 0 Å². The number of rotatable bonds is 4. The Hall–Kier alpha value is -2.08. The van der Waals surface area contributed by atoms with Gasteiger partial charge in [0.1, 0.15) is 5.01 Å². The van der Waals surface area contributed by atoms with Crippen LogP contribution in [-0.4, -0.2) is 14.8 Å². The van der Waals surface area contributed by atoms with E-state index in [1.165, 1.54) is 4.88 Å². The minimum atomic E-state index is 0.693. The molecular formula is C14H16N4OS. The quantitative estimate of drug-likeness (QED) is 0.799. The highest BCUT2D eigenvalue weighted by atomic mass is 32.1. The first-order valence-electron chi connectivity index (χ1n) is 6.38. The van der Waals surface area contributed by atoms with Crippen LogP contribution in [0.5, 0.6) is 0 Å². The van der Waals surface area contributed by atoms with Crippen molar-refractivity contribution in [2.75, 3.05) is 5.32 Å². The Kier molecular flexibility index (Phi) is 3.31. The highest BCUT2D eigenvalue weighted by Crippen LogP contribution is 2.27. The van der Waals surface area contributed by atoms with Gasteiger partial charge in [-0.25, -0.2) is 4.98 Å². The Morgan fingerprint density at radius 2 is 2.25 bits per heavy atom. The first kappa shape index (κ1) is 12.9. The number of hydrogen-bond acceptors (Lipinski definition) is 5. The zero-order chi connectivity index (χ0) is 14.1. The van der Waals surface area contributed by atoms with Gasteiger partial charge in [-0.15, -0.1) is 11.3 Å². The van der Waals surface area contributed by atoms with Gasteiger partial charge in [0.2, 0.25) is 0 Å². The molecule has 104 valence electrons. The lowest BCUT2D eigenvalue weighted by molar-refractivity contribution is 0.578. The topological polar surface area (TPSA) is 55.9 Å². The molecule has 0 saturated carbocycles. The van der Waals surface area contributed by atoms with Crippen LogP contribution in [-0.2, 0) is 13.6 Å². The molecular weight excluding hydrogens is 272 g/mol. The van der Waals surface area contributed by atoms with Gasteiger partial charge in [0, 0.05) is 18.1 Å². The summed E-state index contributed by atoms with van der Waals surface area (Å²) in [5.41, 5.74) is 2.87. The van der Waals surface area contributed by atoms with Gasteiger partial charge in [0.25, 0.3) is 0 Å². The van der Waals surface area contributed by atoms with Crippen LogP contribution in [0, 0.1) is 13.8 Å². The van der Waals surface area contributed by atoms with E-state index in [9.17, 15) is 0 Å². The molecule has 3 rings (SSSR count). The maximum Gasteiger partial charge on any atom is 0.156 e. The Morgan fingerprint density at radius 1 is 1.40 bits per heavy atom. The van der Waals surface area contributed by atoms with Crippen LogP contribution in [0.3, 0.4) is 0 Å². The first-order valence-corrected chi connectivity index (χ1v) is 7.19. The molecule has 0 aromatic carbocycles. The van der Waals surface area contributed by atoms with Gasteiger partial charge < -0.3 is 9.73 Å². The molecule has 0 spiro atoms. The average Bonchev–Trinajstić information content (AvgIpc) is 3.09. The molecule has 1 N–H and O–H groups in total. The van der Waals surface area contributed by atoms with E-state index in [4.69, 9.17) is 4.42 Å². The fraction of sp³-hybridized carbons (Fsp3) is 0.286. The summed E-state index contributed by atoms with van der Waals surface area (Å²) >= 11 is 1.72. The molecule has 0 fully saturated rings. The van der Waals surface area contributed by atoms with E-state index in [-0.39, 0.29) is 0 Å². The van der Waals surface area contributed by atoms with Crippen LogP contribution in [0.4, 0.5) is 5.69 Å². The zero-order valence-electron chi connectivity index (χ0n) is 11.7. The molecule has 0 unspecified atom stereocenters. The van der Waals surface area contributed by atoms with Crippen molar-refractivity contribution in [3.05, 3.63) is 40.2 Å². The standard InChI is InChI=1S/C14H16N4OS/c1-9-10(2)20-13(16-9)7-15-11-8-18(3)17-14(11)12-5-4-6-19-12/h4-6,8,15H,7H2,1-3H3. The number of furan rings is 1. The maximum absolute atomic E-state index is 5.42. The molecule has 0 aliphatic rings. The third-order valence-corrected chi connectivity index (χ3v) is 4.16. The van der Waals surface area contributed by atoms with Crippen LogP contribution in [0.1, 0.15) is 15.6 Å². The smallest absolute Gasteiger partial charge is 0.156 e. The lowest BCUT2D eigenvalue weighted by Gasteiger charge is -2.02. The molecule has 0 atom stereocenters. The molecule has 3 aromatic rings. The van der Waals surface area contributed by atoms with Gasteiger partial charge in [-0.05, 0) is 26.0 Å². The summed E-state index contributed by atoms with van der Waals surface area (Å²) in [6.45, 7) is 4.82. The van der Waals surface area contributed by atoms with Crippen molar-refractivity contribution in [2.45, 2.75) is 20.4 Å². The highest BCUT2D eigenvalue weighted by molar-refractivity contribution is 7.11. The molecule has 0 amide bonds. The van der Waals surface area contributed by atoms with Crippen LogP contribution in [0.15, 0.2) is 29.0 Å². The second-order valence-corrected chi connectivity index (χ2v) is 5.93. The Balaban J connectivity index is 1.81. The summed E-state index contributed by atoms with van der Waals surface area (Å²) in [6, 6.07) is 3.77. The second kappa shape index (κ2) is 5.13. The van der Waals surface area contributed by atoms with E-state index >= 15 is 0 Å². The normalized spacial score (nSPS) is 10.9. The Bertz CT molecular complexity index is 692. The van der Waals surface area contributed by atoms with Gasteiger partial charge in [-0.2, -0.15) is 5.10 Å². The molecule has 3 aromatic heterocycles. The molecule has 6 heteroatoms. The minimum Gasteiger partial charge on any atom is -0.463 e. The van der Waals surface area contributed by atoms with Crippen molar-refractivity contribution in [2.24, 2.45) is 7.05 Å². The summed E-state index contributed by atoms with van der Waals surface area (Å²) in [5, 5.41) is 8.89. The number of aryl methyl sites for hydroxylation is 3. The maximum atomic E-state index is 5.42. The molecule has 5 nitrogen and oxygen atoms in total. The van der Waals surface area contributed by atoms with E-state index in [2.05, 4.69) is 22.3 Å². The lowest BCUT2D eigenvalue weighted by Crippen LogP contribution is -1.99. The summed E-state index contributed by atoms with van der Waals surface area (Å²) < 4.78 is 7.20. The number of hydrogen-bond donors (Lipinski definition) is 1. The number of thiazole rings is 1. The molecule has 0 aliphatic heterocycles. The molecule has 0 radical (unpaired) electrons. The third kappa shape index (κ3) is 2.46. The first-order chi connectivity index (χ1) is 9.63. The van der Waals surface area contributed by atoms with E-state index in [1.54, 1.807) is 22.3 Å². The third-order valence-electron chi connectivity index (χ3n) is 3.09. The van der Waals surface area contributed by atoms with Crippen molar-refractivity contribution in [3.63, 3.8) is 0 Å². The SMILES string of the molecule is Cc1nc(CNc2cn(C)nc2-c2ccco2)sc1C. The van der Waals surface area contributed by atoms with Gasteiger partial charge in [0.15, 0.2) is 11.5 Å². The van der Waals surface area contributed by atoms with Crippen LogP contribution < -0.4 is 5.32 Å². The van der Waals surface area contributed by atoms with Crippen molar-refractivity contribution in [1.82, 2.24) is 14.8 Å². The van der Waals surface area contributed by atoms with Crippen LogP contribution in [0.25, 0.3) is 11.5 Å². The van der Waals surface area contributed by atoms with E-state index in [0.717, 1.165) is 27.8 Å². The fourth-order valence-electron chi connectivity index (χ4n) is 2.00. The number of aromatic nitrogens is 3. The largest absolute Gasteiger partial charge is 0.463 e. The molecule has 3 heterocycles. The monoisotopic (exact) mass is 288 g/mol. The zero-order valence-corrected chi connectivity index (χ0v) is 12.5. The van der Waals surface area contributed by atoms with Gasteiger partial charge in [0.05, 0.1) is 24.2 Å². The second-order valence-electron chi connectivity index (χ2n) is 4.65. The van der Waals surface area contributed by atoms with Crippen molar-refractivity contribution in [1.29, 1.82) is 0 Å². The number of nitrogens with one attached hydrogen (secondary N) is 1. The summed E-state index contributed by atoms with van der Waals surface area (Å²) in [7, 11) is 1.90. The summed E-state index contributed by atoms with van der Waals surface area (Å²) in [5.74, 6) is 0.764. The van der Waals surface area contributed by atoms with Gasteiger partial charge >= 0.3 is 0 Å². The van der Waals surface area contributed by atoms with Crippen LogP contribution in [0.2, 0.25) is 0 Å². The van der Waals surface area contributed by atoms with Crippen molar-refractivity contribution in [3.8, 4) is 11.5 Å². The van der Waals surface area contributed by atoms with Gasteiger partial charge in [-0.1, -0.05) is 0 Å². The predicted octanol–water partition coefficient (Wildman–Crippen LogP) is 3.37. The molecule has 0 bridgehead atoms. The van der Waals surface area contributed by atoms with Crippen LogP contribution >= 0.6 is 11.3 Å². The van der Waals surface area contributed by atoms with E-state index in [0.29, 0.717) is 6.54 Å².